The van der Waals surface area contributed by atoms with Crippen LogP contribution < -0.4 is 5.32 Å². The molecule has 0 saturated heterocycles. The van der Waals surface area contributed by atoms with Crippen LogP contribution in [0.5, 0.6) is 0 Å². The topological polar surface area (TPSA) is 12.0 Å². The Hall–Kier alpha value is -0.600. The van der Waals surface area contributed by atoms with Crippen LogP contribution in [0.1, 0.15) is 30.5 Å². The van der Waals surface area contributed by atoms with Gasteiger partial charge in [-0.05, 0) is 44.5 Å². The molecule has 82 valence electrons. The molecule has 0 aromatic heterocycles. The number of nitrogens with one attached hydrogen (secondary N) is 1. The minimum absolute atomic E-state index is 0.361. The molecule has 0 bridgehead atoms. The molecule has 0 aliphatic heterocycles. The Balaban J connectivity index is 3.01. The third-order valence-corrected chi connectivity index (χ3v) is 3.45. The maximum absolute atomic E-state index is 3.97. The van der Waals surface area contributed by atoms with Crippen LogP contribution >= 0.6 is 15.9 Å². The number of halogens is 1. The quantitative estimate of drug-likeness (QED) is 0.814. The van der Waals surface area contributed by atoms with E-state index < -0.39 is 0 Å². The molecule has 1 nitrogen and oxygen atoms in total. The summed E-state index contributed by atoms with van der Waals surface area (Å²) in [6, 6.07) is 6.69. The molecule has 1 N–H and O–H groups in total. The summed E-state index contributed by atoms with van der Waals surface area (Å²) in [5, 5.41) is 3.34. The highest BCUT2D eigenvalue weighted by Gasteiger charge is 2.12. The lowest BCUT2D eigenvalue weighted by atomic mass is 9.96. The average molecular weight is 268 g/mol. The van der Waals surface area contributed by atoms with Crippen molar-refractivity contribution in [2.24, 2.45) is 0 Å². The molecule has 0 saturated carbocycles. The summed E-state index contributed by atoms with van der Waals surface area (Å²) in [5.74, 6) is 0. The normalized spacial score (nSPS) is 12.5. The van der Waals surface area contributed by atoms with E-state index in [1.165, 1.54) is 21.2 Å². The molecule has 0 amide bonds. The van der Waals surface area contributed by atoms with Gasteiger partial charge in [-0.3, -0.25) is 0 Å². The van der Waals surface area contributed by atoms with E-state index in [-0.39, 0.29) is 0 Å². The van der Waals surface area contributed by atoms with E-state index in [0.717, 1.165) is 6.42 Å². The SMILES string of the molecule is C=C(C)CC(NC)c1cccc(Br)c1C. The number of hydrogen-bond donors (Lipinski definition) is 1. The zero-order valence-corrected chi connectivity index (χ0v) is 11.2. The van der Waals surface area contributed by atoms with E-state index in [0.29, 0.717) is 6.04 Å². The van der Waals surface area contributed by atoms with Crippen molar-refractivity contribution >= 4 is 15.9 Å². The van der Waals surface area contributed by atoms with Gasteiger partial charge in [0, 0.05) is 10.5 Å². The van der Waals surface area contributed by atoms with Gasteiger partial charge in [-0.2, -0.15) is 0 Å². The fourth-order valence-corrected chi connectivity index (χ4v) is 2.10. The Morgan fingerprint density at radius 1 is 1.53 bits per heavy atom. The monoisotopic (exact) mass is 267 g/mol. The summed E-state index contributed by atoms with van der Waals surface area (Å²) in [5.41, 5.74) is 3.85. The van der Waals surface area contributed by atoms with E-state index in [2.05, 4.69) is 59.9 Å². The molecule has 1 aromatic rings. The number of rotatable bonds is 4. The second-order valence-electron chi connectivity index (χ2n) is 3.96. The first-order chi connectivity index (χ1) is 7.06. The lowest BCUT2D eigenvalue weighted by Crippen LogP contribution is -2.17. The minimum atomic E-state index is 0.361. The van der Waals surface area contributed by atoms with Gasteiger partial charge in [-0.15, -0.1) is 6.58 Å². The second kappa shape index (κ2) is 5.47. The standard InChI is InChI=1S/C13H18BrN/c1-9(2)8-13(15-4)11-6-5-7-12(14)10(11)3/h5-7,13,15H,1,8H2,2-4H3. The molecule has 0 spiro atoms. The zero-order chi connectivity index (χ0) is 11.4. The fraction of sp³-hybridized carbons (Fsp3) is 0.385. The first kappa shape index (κ1) is 12.5. The van der Waals surface area contributed by atoms with Gasteiger partial charge in [-0.1, -0.05) is 33.6 Å². The van der Waals surface area contributed by atoms with E-state index in [1.54, 1.807) is 0 Å². The van der Waals surface area contributed by atoms with Crippen LogP contribution in [0.2, 0.25) is 0 Å². The Labute approximate surface area is 101 Å². The lowest BCUT2D eigenvalue weighted by Gasteiger charge is -2.19. The average Bonchev–Trinajstić information content (AvgIpc) is 2.19. The third kappa shape index (κ3) is 3.18. The van der Waals surface area contributed by atoms with Gasteiger partial charge in [0.05, 0.1) is 0 Å². The van der Waals surface area contributed by atoms with Gasteiger partial charge < -0.3 is 5.32 Å². The van der Waals surface area contributed by atoms with Crippen molar-refractivity contribution in [2.45, 2.75) is 26.3 Å². The smallest absolute Gasteiger partial charge is 0.0357 e. The van der Waals surface area contributed by atoms with Crippen molar-refractivity contribution in [2.75, 3.05) is 7.05 Å². The Bertz CT molecular complexity index is 358. The molecule has 0 aliphatic carbocycles. The molecule has 1 unspecified atom stereocenters. The van der Waals surface area contributed by atoms with Crippen LogP contribution in [0.3, 0.4) is 0 Å². The summed E-state index contributed by atoms with van der Waals surface area (Å²) in [7, 11) is 1.99. The predicted molar refractivity (Wildman–Crippen MR) is 70.1 cm³/mol. The van der Waals surface area contributed by atoms with E-state index in [9.17, 15) is 0 Å². The van der Waals surface area contributed by atoms with Crippen molar-refractivity contribution < 1.29 is 0 Å². The van der Waals surface area contributed by atoms with Crippen LogP contribution in [0.25, 0.3) is 0 Å². The van der Waals surface area contributed by atoms with Gasteiger partial charge in [0.25, 0.3) is 0 Å². The predicted octanol–water partition coefficient (Wildman–Crippen LogP) is 3.98. The molecule has 1 rings (SSSR count). The minimum Gasteiger partial charge on any atom is -0.313 e. The van der Waals surface area contributed by atoms with Gasteiger partial charge in [-0.25, -0.2) is 0 Å². The van der Waals surface area contributed by atoms with E-state index in [1.807, 2.05) is 7.05 Å². The summed E-state index contributed by atoms with van der Waals surface area (Å²) in [4.78, 5) is 0. The van der Waals surface area contributed by atoms with E-state index in [4.69, 9.17) is 0 Å². The number of hydrogen-bond acceptors (Lipinski definition) is 1. The largest absolute Gasteiger partial charge is 0.313 e. The third-order valence-electron chi connectivity index (χ3n) is 2.59. The van der Waals surface area contributed by atoms with Crippen LogP contribution in [-0.2, 0) is 0 Å². The summed E-state index contributed by atoms with van der Waals surface area (Å²) in [6.45, 7) is 8.18. The van der Waals surface area contributed by atoms with Crippen molar-refractivity contribution in [1.29, 1.82) is 0 Å². The second-order valence-corrected chi connectivity index (χ2v) is 4.81. The summed E-state index contributed by atoms with van der Waals surface area (Å²) >= 11 is 3.56. The van der Waals surface area contributed by atoms with Gasteiger partial charge in [0.1, 0.15) is 0 Å². The van der Waals surface area contributed by atoms with Gasteiger partial charge in [0.15, 0.2) is 0 Å². The van der Waals surface area contributed by atoms with Crippen LogP contribution in [0, 0.1) is 6.92 Å². The molecule has 0 aliphatic rings. The molecule has 1 aromatic carbocycles. The lowest BCUT2D eigenvalue weighted by molar-refractivity contribution is 0.586. The van der Waals surface area contributed by atoms with Crippen LogP contribution in [0.15, 0.2) is 34.8 Å². The van der Waals surface area contributed by atoms with Crippen molar-refractivity contribution in [1.82, 2.24) is 5.32 Å². The van der Waals surface area contributed by atoms with Gasteiger partial charge in [0.2, 0.25) is 0 Å². The first-order valence-corrected chi connectivity index (χ1v) is 5.92. The maximum Gasteiger partial charge on any atom is 0.0357 e. The van der Waals surface area contributed by atoms with Crippen molar-refractivity contribution in [3.63, 3.8) is 0 Å². The molecule has 15 heavy (non-hydrogen) atoms. The molecular formula is C13H18BrN. The highest BCUT2D eigenvalue weighted by molar-refractivity contribution is 9.10. The number of benzene rings is 1. The molecular weight excluding hydrogens is 250 g/mol. The fourth-order valence-electron chi connectivity index (χ4n) is 1.72. The van der Waals surface area contributed by atoms with Crippen molar-refractivity contribution in [3.8, 4) is 0 Å². The highest BCUT2D eigenvalue weighted by Crippen LogP contribution is 2.27. The van der Waals surface area contributed by atoms with Crippen molar-refractivity contribution in [3.05, 3.63) is 46.0 Å². The van der Waals surface area contributed by atoms with Gasteiger partial charge >= 0.3 is 0 Å². The Morgan fingerprint density at radius 2 is 2.20 bits per heavy atom. The molecule has 1 atom stereocenters. The molecule has 0 radical (unpaired) electrons. The Morgan fingerprint density at radius 3 is 2.73 bits per heavy atom. The zero-order valence-electron chi connectivity index (χ0n) is 9.60. The molecule has 2 heteroatoms. The Kier molecular flexibility index (Phi) is 4.55. The van der Waals surface area contributed by atoms with E-state index >= 15 is 0 Å². The summed E-state index contributed by atoms with van der Waals surface area (Å²) in [6.07, 6.45) is 0.980. The first-order valence-electron chi connectivity index (χ1n) is 5.13. The highest BCUT2D eigenvalue weighted by atomic mass is 79.9. The van der Waals surface area contributed by atoms with Crippen LogP contribution in [0.4, 0.5) is 0 Å². The maximum atomic E-state index is 3.97. The molecule has 0 heterocycles. The van der Waals surface area contributed by atoms with Crippen LogP contribution in [-0.4, -0.2) is 7.05 Å². The summed E-state index contributed by atoms with van der Waals surface area (Å²) < 4.78 is 1.17. The molecule has 0 fully saturated rings.